The molecule has 0 heterocycles. The van der Waals surface area contributed by atoms with Gasteiger partial charge in [0, 0.05) is 35.0 Å². The van der Waals surface area contributed by atoms with Crippen molar-refractivity contribution in [2.24, 2.45) is 17.8 Å². The molecule has 18 heavy (non-hydrogen) atoms. The summed E-state index contributed by atoms with van der Waals surface area (Å²) < 4.78 is 60.5. The predicted molar refractivity (Wildman–Crippen MR) is 66.6 cm³/mol. The first-order valence-corrected chi connectivity index (χ1v) is 9.52. The van der Waals surface area contributed by atoms with E-state index in [0.29, 0.717) is 19.1 Å². The molecule has 7 heteroatoms. The van der Waals surface area contributed by atoms with E-state index in [1.54, 1.807) is 6.26 Å². The molecule has 0 aromatic heterocycles. The number of alkyl halides is 2. The van der Waals surface area contributed by atoms with Crippen LogP contribution in [0.1, 0.15) is 25.7 Å². The first kappa shape index (κ1) is 14.4. The minimum Gasteiger partial charge on any atom is -0.260 e. The second kappa shape index (κ2) is 4.51. The van der Waals surface area contributed by atoms with E-state index in [1.165, 1.54) is 0 Å². The van der Waals surface area contributed by atoms with Crippen molar-refractivity contribution < 1.29 is 21.4 Å². The van der Waals surface area contributed by atoms with Crippen LogP contribution >= 0.6 is 0 Å². The first-order chi connectivity index (χ1) is 8.12. The summed E-state index contributed by atoms with van der Waals surface area (Å²) in [7, 11) is -5.23. The van der Waals surface area contributed by atoms with E-state index in [-0.39, 0.29) is 23.0 Å². The highest BCUT2D eigenvalue weighted by molar-refractivity contribution is 7.91. The van der Waals surface area contributed by atoms with Crippen LogP contribution in [-0.4, -0.2) is 35.6 Å². The lowest BCUT2D eigenvalue weighted by molar-refractivity contribution is 0.0521. The Labute approximate surface area is 109 Å². The number of fused-ring (bicyclic) bond motifs is 2. The molecule has 0 aromatic carbocycles. The fourth-order valence-electron chi connectivity index (χ4n) is 3.46. The summed E-state index contributed by atoms with van der Waals surface area (Å²) in [6.07, 6.45) is 3.80. The molecule has 0 radical (unpaired) electrons. The van der Waals surface area contributed by atoms with Crippen LogP contribution in [0.3, 0.4) is 0 Å². The van der Waals surface area contributed by atoms with Crippen LogP contribution in [0.15, 0.2) is 0 Å². The maximum atomic E-state index is 13.5. The fourth-order valence-corrected chi connectivity index (χ4v) is 5.25. The molecule has 2 saturated carbocycles. The van der Waals surface area contributed by atoms with Crippen LogP contribution in [0.2, 0.25) is 0 Å². The maximum absolute atomic E-state index is 13.5. The number of sulfone groups is 1. The number of hydrogen-bond donors (Lipinski definition) is 0. The summed E-state index contributed by atoms with van der Waals surface area (Å²) in [6.45, 7) is 0. The summed E-state index contributed by atoms with van der Waals surface area (Å²) in [5.41, 5.74) is 0. The van der Waals surface area contributed by atoms with Gasteiger partial charge in [0.15, 0.2) is 0 Å². The zero-order valence-electron chi connectivity index (χ0n) is 10.4. The molecule has 106 valence electrons. The van der Waals surface area contributed by atoms with Gasteiger partial charge in [0.05, 0.1) is 0 Å². The summed E-state index contributed by atoms with van der Waals surface area (Å²) in [5.74, 6) is 0.122. The van der Waals surface area contributed by atoms with Crippen LogP contribution in [0.4, 0.5) is 8.78 Å². The van der Waals surface area contributed by atoms with E-state index in [4.69, 9.17) is 0 Å². The summed E-state index contributed by atoms with van der Waals surface area (Å²) in [4.78, 5) is 0. The van der Waals surface area contributed by atoms with E-state index >= 15 is 0 Å². The Morgan fingerprint density at radius 1 is 1.22 bits per heavy atom. The van der Waals surface area contributed by atoms with Gasteiger partial charge in [0.1, 0.15) is 0 Å². The fraction of sp³-hybridized carbons (Fsp3) is 1.00. The minimum atomic E-state index is -4.33. The van der Waals surface area contributed by atoms with Gasteiger partial charge in [-0.25, -0.2) is 8.42 Å². The van der Waals surface area contributed by atoms with Crippen LogP contribution in [0.25, 0.3) is 0 Å². The van der Waals surface area contributed by atoms with Crippen molar-refractivity contribution in [3.63, 3.8) is 0 Å². The summed E-state index contributed by atoms with van der Waals surface area (Å²) in [5, 5.41) is -3.50. The zero-order chi connectivity index (χ0) is 13.7. The monoisotopic (exact) mass is 300 g/mol. The van der Waals surface area contributed by atoms with Crippen molar-refractivity contribution in [2.45, 2.75) is 36.2 Å². The van der Waals surface area contributed by atoms with Crippen LogP contribution in [0, 0.1) is 17.8 Å². The molecule has 5 unspecified atom stereocenters. The molecule has 2 fully saturated rings. The second-order valence-corrected chi connectivity index (χ2v) is 9.38. The number of rotatable bonds is 4. The Morgan fingerprint density at radius 2 is 1.83 bits per heavy atom. The SMILES string of the molecule is CS(=O)C1CC2CC1CC2CC(F)(F)S(C)(=O)=O. The lowest BCUT2D eigenvalue weighted by atomic mass is 9.86. The quantitative estimate of drug-likeness (QED) is 0.795. The second-order valence-electron chi connectivity index (χ2n) is 5.64. The normalized spacial score (nSPS) is 38.0. The lowest BCUT2D eigenvalue weighted by Gasteiger charge is -2.28. The van der Waals surface area contributed by atoms with Crippen molar-refractivity contribution in [3.8, 4) is 0 Å². The zero-order valence-corrected chi connectivity index (χ0v) is 12.1. The van der Waals surface area contributed by atoms with Crippen molar-refractivity contribution in [3.05, 3.63) is 0 Å². The molecule has 2 aliphatic carbocycles. The number of hydrogen-bond acceptors (Lipinski definition) is 3. The standard InChI is InChI=1S/C11H18F2O3S2/c1-17(14)10-5-7-3-8(10)4-9(7)6-11(12,13)18(2,15)16/h7-10H,3-6H2,1-2H3. The van der Waals surface area contributed by atoms with Crippen molar-refractivity contribution in [1.29, 1.82) is 0 Å². The average molecular weight is 300 g/mol. The maximum Gasteiger partial charge on any atom is 0.345 e. The van der Waals surface area contributed by atoms with Gasteiger partial charge in [-0.15, -0.1) is 0 Å². The Balaban J connectivity index is 2.03. The van der Waals surface area contributed by atoms with Crippen molar-refractivity contribution >= 4 is 20.6 Å². The molecule has 0 aromatic rings. The van der Waals surface area contributed by atoms with E-state index in [2.05, 4.69) is 0 Å². The van der Waals surface area contributed by atoms with Gasteiger partial charge < -0.3 is 0 Å². The van der Waals surface area contributed by atoms with Gasteiger partial charge in [0.25, 0.3) is 0 Å². The minimum absolute atomic E-state index is 0.122. The van der Waals surface area contributed by atoms with Crippen molar-refractivity contribution in [2.75, 3.05) is 12.5 Å². The Bertz CT molecular complexity index is 461. The van der Waals surface area contributed by atoms with Gasteiger partial charge in [-0.3, -0.25) is 4.21 Å². The topological polar surface area (TPSA) is 51.2 Å². The molecular weight excluding hydrogens is 282 g/mol. The summed E-state index contributed by atoms with van der Waals surface area (Å²) >= 11 is 0. The van der Waals surface area contributed by atoms with Gasteiger partial charge in [-0.1, -0.05) is 0 Å². The molecule has 2 rings (SSSR count). The molecule has 0 spiro atoms. The molecular formula is C11H18F2O3S2. The number of halogens is 2. The smallest absolute Gasteiger partial charge is 0.260 e. The van der Waals surface area contributed by atoms with Crippen LogP contribution in [0.5, 0.6) is 0 Å². The molecule has 5 atom stereocenters. The summed E-state index contributed by atoms with van der Waals surface area (Å²) in [6, 6.07) is 0. The molecule has 0 saturated heterocycles. The molecule has 0 amide bonds. The van der Waals surface area contributed by atoms with Gasteiger partial charge in [0.2, 0.25) is 9.84 Å². The van der Waals surface area contributed by atoms with E-state index in [0.717, 1.165) is 6.42 Å². The molecule has 2 aliphatic rings. The Morgan fingerprint density at radius 3 is 2.22 bits per heavy atom. The molecule has 0 N–H and O–H groups in total. The first-order valence-electron chi connectivity index (χ1n) is 6.01. The van der Waals surface area contributed by atoms with Gasteiger partial charge in [-0.05, 0) is 37.0 Å². The van der Waals surface area contributed by atoms with Crippen LogP contribution in [-0.2, 0) is 20.6 Å². The van der Waals surface area contributed by atoms with Crippen molar-refractivity contribution in [1.82, 2.24) is 0 Å². The third kappa shape index (κ3) is 2.48. The highest BCUT2D eigenvalue weighted by Gasteiger charge is 2.52. The van der Waals surface area contributed by atoms with Crippen LogP contribution < -0.4 is 0 Å². The molecule has 3 nitrogen and oxygen atoms in total. The van der Waals surface area contributed by atoms with Gasteiger partial charge >= 0.3 is 5.25 Å². The largest absolute Gasteiger partial charge is 0.345 e. The average Bonchev–Trinajstić information content (AvgIpc) is 2.73. The Hall–Kier alpha value is -0.0400. The molecule has 0 aliphatic heterocycles. The Kier molecular flexibility index (Phi) is 3.60. The highest BCUT2D eigenvalue weighted by atomic mass is 32.2. The third-order valence-electron chi connectivity index (χ3n) is 4.41. The highest BCUT2D eigenvalue weighted by Crippen LogP contribution is 2.53. The molecule has 2 bridgehead atoms. The van der Waals surface area contributed by atoms with Gasteiger partial charge in [-0.2, -0.15) is 8.78 Å². The third-order valence-corrected chi connectivity index (χ3v) is 7.09. The lowest BCUT2D eigenvalue weighted by Crippen LogP contribution is -2.34. The van der Waals surface area contributed by atoms with E-state index in [9.17, 15) is 21.4 Å². The predicted octanol–water partition coefficient (Wildman–Crippen LogP) is 1.81. The van der Waals surface area contributed by atoms with E-state index in [1.807, 2.05) is 0 Å². The van der Waals surface area contributed by atoms with E-state index < -0.39 is 32.3 Å².